The number of aliphatic hydroxyl groups is 7. The van der Waals surface area contributed by atoms with Gasteiger partial charge in [-0.3, -0.25) is 4.79 Å². The van der Waals surface area contributed by atoms with Crippen LogP contribution in [0.1, 0.15) is 12.8 Å². The second kappa shape index (κ2) is 16.8. The summed E-state index contributed by atoms with van der Waals surface area (Å²) in [5.41, 5.74) is 28.4. The minimum atomic E-state index is -4.02. The molecule has 16 atom stereocenters. The fraction of sp³-hybridized carbons (Fsp3) is 0.960. The summed E-state index contributed by atoms with van der Waals surface area (Å²) < 4.78 is 51.2. The number of alkyl halides is 2. The molecule has 46 heavy (non-hydrogen) atoms. The van der Waals surface area contributed by atoms with Gasteiger partial charge in [-0.1, -0.05) is 0 Å². The summed E-state index contributed by atoms with van der Waals surface area (Å²) in [6.45, 7) is -1.77. The van der Waals surface area contributed by atoms with Gasteiger partial charge in [0, 0.05) is 12.6 Å². The number of ether oxygens (including phenoxy) is 4. The molecule has 270 valence electrons. The molecule has 19 N–H and O–H groups in total. The van der Waals surface area contributed by atoms with E-state index in [4.69, 9.17) is 47.6 Å². The molecule has 2 heterocycles. The van der Waals surface area contributed by atoms with Gasteiger partial charge in [-0.05, 0) is 25.9 Å². The fourth-order valence-electron chi connectivity index (χ4n) is 5.67. The van der Waals surface area contributed by atoms with Crippen molar-refractivity contribution in [3.63, 3.8) is 0 Å². The summed E-state index contributed by atoms with van der Waals surface area (Å²) in [5, 5.41) is 78.4. The highest BCUT2D eigenvalue weighted by molar-refractivity contribution is 5.82. The van der Waals surface area contributed by atoms with E-state index in [0.29, 0.717) is 13.0 Å². The first-order valence-electron chi connectivity index (χ1n) is 15.0. The highest BCUT2D eigenvalue weighted by atomic mass is 19.3. The minimum Gasteiger partial charge on any atom is -0.394 e. The van der Waals surface area contributed by atoms with E-state index < -0.39 is 123 Å². The maximum atomic E-state index is 14.0. The van der Waals surface area contributed by atoms with Crippen molar-refractivity contribution < 1.29 is 68.3 Å². The number of nitrogens with one attached hydrogen (secondary N) is 2. The molecule has 3 rings (SSSR count). The Morgan fingerprint density at radius 1 is 0.913 bits per heavy atom. The standard InChI is InChI=1S/C25H49F2N7O12/c26-25(27,7-30)21(41)22(42)34-9-4-8(31)19(18(40)20(9)46-24-16(38)12(32)14(36)11(6-35)44-24)45-23-13(33-3-1-2-28)17(39)15(37)10(5-29)43-23/h8-21,23-24,33,35-41H,1-7,28-32H2,(H,34,42)/t8-,9+,10+,11+,12-,13+,14+,15+,16+,17+,18-,19?,20-,21?,23+,24+/m0/s1. The van der Waals surface area contributed by atoms with Gasteiger partial charge in [0.2, 0.25) is 0 Å². The topological polar surface area (TPSA) is 350 Å². The lowest BCUT2D eigenvalue weighted by atomic mass is 9.83. The molecule has 0 bridgehead atoms. The van der Waals surface area contributed by atoms with Crippen LogP contribution >= 0.6 is 0 Å². The molecular weight excluding hydrogens is 628 g/mol. The SMILES string of the molecule is NCCCN[C@H]1[C@@H](OC2[C@@H](N)C[C@@H](NC(=O)C(O)C(F)(F)CN)[C@H](O[C@H]3O[C@H](CO)[C@@H](O)[C@H](N)[C@H]3O)[C@H]2O)O[C@H](CN)[C@@H](O)[C@@H]1O. The van der Waals surface area contributed by atoms with Crippen LogP contribution in [0.2, 0.25) is 0 Å². The minimum absolute atomic E-state index is 0.225. The van der Waals surface area contributed by atoms with Crippen LogP contribution in [0.25, 0.3) is 0 Å². The van der Waals surface area contributed by atoms with Crippen LogP contribution in [-0.4, -0.2) is 178 Å². The number of halogens is 2. The fourth-order valence-corrected chi connectivity index (χ4v) is 5.67. The number of nitrogens with two attached hydrogens (primary N) is 5. The first-order valence-corrected chi connectivity index (χ1v) is 15.0. The van der Waals surface area contributed by atoms with Crippen molar-refractivity contribution in [2.75, 3.05) is 32.8 Å². The van der Waals surface area contributed by atoms with E-state index in [2.05, 4.69) is 10.6 Å². The van der Waals surface area contributed by atoms with Crippen LogP contribution < -0.4 is 39.3 Å². The molecule has 0 radical (unpaired) electrons. The predicted octanol–water partition coefficient (Wildman–Crippen LogP) is -8.23. The Morgan fingerprint density at radius 2 is 1.54 bits per heavy atom. The molecule has 1 amide bonds. The normalized spacial score (nSPS) is 42.9. The van der Waals surface area contributed by atoms with Gasteiger partial charge in [-0.15, -0.1) is 0 Å². The van der Waals surface area contributed by atoms with Crippen molar-refractivity contribution in [2.24, 2.45) is 28.7 Å². The van der Waals surface area contributed by atoms with Crippen molar-refractivity contribution in [3.05, 3.63) is 0 Å². The summed E-state index contributed by atoms with van der Waals surface area (Å²) in [6.07, 6.45) is -19.4. The van der Waals surface area contributed by atoms with Crippen LogP contribution in [0.4, 0.5) is 8.78 Å². The van der Waals surface area contributed by atoms with Crippen LogP contribution in [0.3, 0.4) is 0 Å². The monoisotopic (exact) mass is 677 g/mol. The summed E-state index contributed by atoms with van der Waals surface area (Å²) >= 11 is 0. The second-order valence-corrected chi connectivity index (χ2v) is 11.7. The number of carbonyl (C=O) groups is 1. The lowest BCUT2D eigenvalue weighted by Crippen LogP contribution is -2.70. The molecule has 3 fully saturated rings. The molecule has 19 nitrogen and oxygen atoms in total. The lowest BCUT2D eigenvalue weighted by molar-refractivity contribution is -0.321. The Labute approximate surface area is 263 Å². The third-order valence-electron chi connectivity index (χ3n) is 8.48. The van der Waals surface area contributed by atoms with Crippen LogP contribution in [0, 0.1) is 0 Å². The Balaban J connectivity index is 1.91. The summed E-state index contributed by atoms with van der Waals surface area (Å²) in [4.78, 5) is 12.7. The molecule has 0 aromatic rings. The van der Waals surface area contributed by atoms with Crippen molar-refractivity contribution in [1.82, 2.24) is 10.6 Å². The van der Waals surface area contributed by atoms with Gasteiger partial charge >= 0.3 is 0 Å². The van der Waals surface area contributed by atoms with Gasteiger partial charge in [0.1, 0.15) is 54.9 Å². The highest BCUT2D eigenvalue weighted by Gasteiger charge is 2.53. The molecule has 0 aromatic heterocycles. The van der Waals surface area contributed by atoms with E-state index >= 15 is 0 Å². The number of rotatable bonds is 14. The largest absolute Gasteiger partial charge is 0.394 e. The van der Waals surface area contributed by atoms with Gasteiger partial charge in [0.25, 0.3) is 11.8 Å². The zero-order chi connectivity index (χ0) is 34.5. The molecule has 3 aliphatic rings. The zero-order valence-electron chi connectivity index (χ0n) is 25.0. The first kappa shape index (κ1) is 39.1. The van der Waals surface area contributed by atoms with E-state index in [-0.39, 0.29) is 19.5 Å². The Kier molecular flexibility index (Phi) is 14.3. The summed E-state index contributed by atoms with van der Waals surface area (Å²) in [7, 11) is 0. The van der Waals surface area contributed by atoms with Gasteiger partial charge in [0.15, 0.2) is 18.7 Å². The summed E-state index contributed by atoms with van der Waals surface area (Å²) in [6, 6.07) is -5.10. The first-order chi connectivity index (χ1) is 21.6. The average Bonchev–Trinajstić information content (AvgIpc) is 3.03. The van der Waals surface area contributed by atoms with Gasteiger partial charge in [0.05, 0.1) is 31.3 Å². The van der Waals surface area contributed by atoms with E-state index in [1.807, 2.05) is 0 Å². The lowest BCUT2D eigenvalue weighted by Gasteiger charge is -2.49. The third-order valence-corrected chi connectivity index (χ3v) is 8.48. The average molecular weight is 678 g/mol. The molecule has 0 aromatic carbocycles. The molecule has 2 unspecified atom stereocenters. The molecule has 1 aliphatic carbocycles. The highest BCUT2D eigenvalue weighted by Crippen LogP contribution is 2.32. The van der Waals surface area contributed by atoms with Crippen LogP contribution in [0.15, 0.2) is 0 Å². The van der Waals surface area contributed by atoms with Gasteiger partial charge in [-0.2, -0.15) is 0 Å². The predicted molar refractivity (Wildman–Crippen MR) is 151 cm³/mol. The maximum Gasteiger partial charge on any atom is 0.294 e. The number of amides is 1. The van der Waals surface area contributed by atoms with Gasteiger partial charge < -0.3 is 94.0 Å². The number of aliphatic hydroxyl groups excluding tert-OH is 7. The van der Waals surface area contributed by atoms with E-state index in [9.17, 15) is 49.3 Å². The second-order valence-electron chi connectivity index (χ2n) is 11.7. The van der Waals surface area contributed by atoms with Crippen molar-refractivity contribution in [2.45, 2.75) is 117 Å². The van der Waals surface area contributed by atoms with Crippen LogP contribution in [0.5, 0.6) is 0 Å². The molecular formula is C25H49F2N7O12. The smallest absolute Gasteiger partial charge is 0.294 e. The summed E-state index contributed by atoms with van der Waals surface area (Å²) in [5.74, 6) is -5.60. The molecule has 2 saturated heterocycles. The van der Waals surface area contributed by atoms with E-state index in [0.717, 1.165) is 0 Å². The van der Waals surface area contributed by atoms with Crippen molar-refractivity contribution in [1.29, 1.82) is 0 Å². The van der Waals surface area contributed by atoms with Crippen molar-refractivity contribution in [3.8, 4) is 0 Å². The van der Waals surface area contributed by atoms with Crippen molar-refractivity contribution >= 4 is 5.91 Å². The van der Waals surface area contributed by atoms with E-state index in [1.165, 1.54) is 0 Å². The maximum absolute atomic E-state index is 14.0. The molecule has 2 aliphatic heterocycles. The Morgan fingerprint density at radius 3 is 2.13 bits per heavy atom. The molecule has 21 heteroatoms. The Bertz CT molecular complexity index is 967. The quantitative estimate of drug-likeness (QED) is 0.0759. The third kappa shape index (κ3) is 8.62. The number of carbonyl (C=O) groups excluding carboxylic acids is 1. The Hall–Kier alpha value is -1.35. The van der Waals surface area contributed by atoms with E-state index in [1.54, 1.807) is 0 Å². The molecule has 1 saturated carbocycles. The zero-order valence-corrected chi connectivity index (χ0v) is 25.0. The number of hydrogen-bond donors (Lipinski definition) is 14. The van der Waals surface area contributed by atoms with Crippen LogP contribution in [-0.2, 0) is 23.7 Å². The molecule has 0 spiro atoms. The van der Waals surface area contributed by atoms with Gasteiger partial charge in [-0.25, -0.2) is 8.78 Å². The number of hydrogen-bond acceptors (Lipinski definition) is 18.